The molecule has 13 heavy (non-hydrogen) atoms. The highest BCUT2D eigenvalue weighted by Gasteiger charge is 2.08. The summed E-state index contributed by atoms with van der Waals surface area (Å²) in [6.45, 7) is 0.682. The Morgan fingerprint density at radius 3 is 2.69 bits per heavy atom. The van der Waals surface area contributed by atoms with Crippen molar-refractivity contribution in [3.63, 3.8) is 0 Å². The maximum atomic E-state index is 5.38. The predicted octanol–water partition coefficient (Wildman–Crippen LogP) is 0.593. The lowest BCUT2D eigenvalue weighted by Crippen LogP contribution is -2.35. The highest BCUT2D eigenvalue weighted by molar-refractivity contribution is 5.14. The number of nitrogens with two attached hydrogens (primary N) is 1. The van der Waals surface area contributed by atoms with E-state index in [1.54, 1.807) is 10.9 Å². The van der Waals surface area contributed by atoms with E-state index in [2.05, 4.69) is 5.27 Å². The van der Waals surface area contributed by atoms with Crippen LogP contribution in [0.2, 0.25) is 0 Å². The molecule has 0 fully saturated rings. The molecule has 0 amide bonds. The van der Waals surface area contributed by atoms with Crippen molar-refractivity contribution in [1.82, 2.24) is 5.27 Å². The Kier molecular flexibility index (Phi) is 1.96. The third kappa shape index (κ3) is 1.84. The summed E-state index contributed by atoms with van der Waals surface area (Å²) in [5, 5.41) is 3.73. The van der Waals surface area contributed by atoms with Gasteiger partial charge < -0.3 is 5.73 Å². The minimum absolute atomic E-state index is 0.330. The van der Waals surface area contributed by atoms with Gasteiger partial charge in [0.05, 0.1) is 0 Å². The Labute approximate surface area is 75.6 Å². The van der Waals surface area contributed by atoms with Crippen LogP contribution in [0.5, 0.6) is 0 Å². The van der Waals surface area contributed by atoms with E-state index in [0.717, 1.165) is 0 Å². The Hall–Kier alpha value is -1.84. The van der Waals surface area contributed by atoms with E-state index in [1.165, 1.54) is 5.56 Å². The van der Waals surface area contributed by atoms with Crippen molar-refractivity contribution in [2.45, 2.75) is 6.54 Å². The summed E-state index contributed by atoms with van der Waals surface area (Å²) in [5.41, 5.74) is 6.55. The van der Waals surface area contributed by atoms with Crippen molar-refractivity contribution in [3.05, 3.63) is 42.1 Å². The fourth-order valence-corrected chi connectivity index (χ4v) is 1.14. The van der Waals surface area contributed by atoms with Gasteiger partial charge in [0.1, 0.15) is 0 Å². The summed E-state index contributed by atoms with van der Waals surface area (Å²) in [6.07, 6.45) is 1.66. The van der Waals surface area contributed by atoms with Gasteiger partial charge in [0.15, 0.2) is 0 Å². The van der Waals surface area contributed by atoms with Crippen LogP contribution in [0.1, 0.15) is 5.56 Å². The number of benzene rings is 1. The van der Waals surface area contributed by atoms with Crippen LogP contribution in [-0.4, -0.2) is 5.27 Å². The van der Waals surface area contributed by atoms with E-state index in [-0.39, 0.29) is 0 Å². The molecule has 66 valence electrons. The molecule has 2 aromatic rings. The van der Waals surface area contributed by atoms with Crippen molar-refractivity contribution in [2.75, 3.05) is 5.73 Å². The van der Waals surface area contributed by atoms with E-state index in [1.807, 2.05) is 30.3 Å². The number of aromatic nitrogens is 2. The van der Waals surface area contributed by atoms with Gasteiger partial charge in [0.2, 0.25) is 11.8 Å². The monoisotopic (exact) mass is 176 g/mol. The van der Waals surface area contributed by atoms with E-state index < -0.39 is 0 Å². The van der Waals surface area contributed by atoms with Gasteiger partial charge >= 0.3 is 0 Å². The van der Waals surface area contributed by atoms with Crippen LogP contribution in [0.4, 0.5) is 5.88 Å². The topological polar surface area (TPSA) is 55.9 Å². The molecular weight excluding hydrogens is 166 g/mol. The fraction of sp³-hybridized carbons (Fsp3) is 0.111. The van der Waals surface area contributed by atoms with Gasteiger partial charge in [-0.2, -0.15) is 0 Å². The molecule has 1 heterocycles. The van der Waals surface area contributed by atoms with Gasteiger partial charge in [0.25, 0.3) is 12.1 Å². The zero-order chi connectivity index (χ0) is 9.10. The SMILES string of the molecule is Nc1c[n+](Cc2ccccc2)no1. The Bertz CT molecular complexity index is 383. The minimum atomic E-state index is 0.330. The molecule has 2 rings (SSSR count). The number of nitrogens with zero attached hydrogens (tertiary/aromatic N) is 2. The first-order valence-electron chi connectivity index (χ1n) is 4.00. The normalized spacial score (nSPS) is 10.2. The molecule has 4 nitrogen and oxygen atoms in total. The highest BCUT2D eigenvalue weighted by atomic mass is 16.5. The van der Waals surface area contributed by atoms with Gasteiger partial charge in [-0.15, -0.1) is 0 Å². The van der Waals surface area contributed by atoms with Crippen molar-refractivity contribution >= 4 is 5.88 Å². The molecule has 1 aromatic heterocycles. The second-order valence-electron chi connectivity index (χ2n) is 2.79. The summed E-state index contributed by atoms with van der Waals surface area (Å²) >= 11 is 0. The molecule has 0 spiro atoms. The maximum absolute atomic E-state index is 5.38. The second-order valence-corrected chi connectivity index (χ2v) is 2.79. The van der Waals surface area contributed by atoms with Gasteiger partial charge in [-0.1, -0.05) is 30.3 Å². The largest absolute Gasteiger partial charge is 0.362 e. The van der Waals surface area contributed by atoms with Gasteiger partial charge in [-0.25, -0.2) is 0 Å². The van der Waals surface area contributed by atoms with Crippen LogP contribution >= 0.6 is 0 Å². The highest BCUT2D eigenvalue weighted by Crippen LogP contribution is 1.98. The lowest BCUT2D eigenvalue weighted by Gasteiger charge is -1.89. The number of hydrogen-bond donors (Lipinski definition) is 1. The zero-order valence-electron chi connectivity index (χ0n) is 7.05. The summed E-state index contributed by atoms with van der Waals surface area (Å²) in [6, 6.07) is 10.00. The molecule has 0 saturated carbocycles. The summed E-state index contributed by atoms with van der Waals surface area (Å²) in [7, 11) is 0. The van der Waals surface area contributed by atoms with Gasteiger partial charge in [-0.05, 0) is 4.68 Å². The molecule has 0 unspecified atom stereocenters. The Balaban J connectivity index is 2.15. The van der Waals surface area contributed by atoms with E-state index in [9.17, 15) is 0 Å². The number of anilines is 1. The van der Waals surface area contributed by atoms with Crippen LogP contribution < -0.4 is 10.4 Å². The fourth-order valence-electron chi connectivity index (χ4n) is 1.14. The van der Waals surface area contributed by atoms with E-state index in [4.69, 9.17) is 10.3 Å². The maximum Gasteiger partial charge on any atom is 0.293 e. The first-order valence-corrected chi connectivity index (χ1v) is 4.00. The zero-order valence-corrected chi connectivity index (χ0v) is 7.05. The predicted molar refractivity (Wildman–Crippen MR) is 46.7 cm³/mol. The standard InChI is InChI=1S/C9H10N3O/c10-9-7-12(11-13-9)6-8-4-2-1-3-5-8/h1-5,7H,6,10H2/q+1. The number of nitrogen functional groups attached to an aromatic ring is 1. The van der Waals surface area contributed by atoms with Crippen LogP contribution in [0.25, 0.3) is 0 Å². The average Bonchev–Trinajstić information content (AvgIpc) is 2.53. The number of rotatable bonds is 2. The van der Waals surface area contributed by atoms with Crippen molar-refractivity contribution in [1.29, 1.82) is 0 Å². The third-order valence-corrected chi connectivity index (χ3v) is 1.71. The lowest BCUT2D eigenvalue weighted by atomic mass is 10.2. The molecule has 0 bridgehead atoms. The molecule has 0 aliphatic heterocycles. The smallest absolute Gasteiger partial charge is 0.293 e. The van der Waals surface area contributed by atoms with Gasteiger partial charge in [0, 0.05) is 5.56 Å². The molecule has 0 radical (unpaired) electrons. The summed E-state index contributed by atoms with van der Waals surface area (Å²) in [4.78, 5) is 0. The first-order chi connectivity index (χ1) is 6.34. The van der Waals surface area contributed by atoms with E-state index in [0.29, 0.717) is 12.4 Å². The van der Waals surface area contributed by atoms with E-state index >= 15 is 0 Å². The molecule has 0 atom stereocenters. The summed E-state index contributed by atoms with van der Waals surface area (Å²) < 4.78 is 6.38. The molecule has 0 aliphatic rings. The first kappa shape index (κ1) is 7.79. The molecule has 0 saturated heterocycles. The van der Waals surface area contributed by atoms with Crippen molar-refractivity contribution in [2.24, 2.45) is 0 Å². The van der Waals surface area contributed by atoms with Gasteiger partial charge in [-0.3, -0.25) is 4.52 Å². The molecule has 0 aliphatic carbocycles. The van der Waals surface area contributed by atoms with Crippen LogP contribution in [0.3, 0.4) is 0 Å². The van der Waals surface area contributed by atoms with Crippen LogP contribution in [0.15, 0.2) is 41.1 Å². The molecular formula is C9H10N3O+. The lowest BCUT2D eigenvalue weighted by molar-refractivity contribution is -0.754. The van der Waals surface area contributed by atoms with Crippen LogP contribution in [0, 0.1) is 0 Å². The average molecular weight is 176 g/mol. The summed E-state index contributed by atoms with van der Waals surface area (Å²) in [5.74, 6) is 0.330. The molecule has 1 aromatic carbocycles. The van der Waals surface area contributed by atoms with Crippen molar-refractivity contribution < 1.29 is 9.20 Å². The number of hydrogen-bond acceptors (Lipinski definition) is 3. The molecule has 4 heteroatoms. The Morgan fingerprint density at radius 2 is 2.08 bits per heavy atom. The van der Waals surface area contributed by atoms with Crippen LogP contribution in [-0.2, 0) is 6.54 Å². The van der Waals surface area contributed by atoms with Crippen molar-refractivity contribution in [3.8, 4) is 0 Å². The molecule has 2 N–H and O–H groups in total. The minimum Gasteiger partial charge on any atom is -0.362 e. The second kappa shape index (κ2) is 3.26. The third-order valence-electron chi connectivity index (χ3n) is 1.71. The Morgan fingerprint density at radius 1 is 1.31 bits per heavy atom. The quantitative estimate of drug-likeness (QED) is 0.681.